The highest BCUT2D eigenvalue weighted by Crippen LogP contribution is 2.53. The summed E-state index contributed by atoms with van der Waals surface area (Å²) in [5, 5.41) is 6.05. The minimum absolute atomic E-state index is 0.150. The summed E-state index contributed by atoms with van der Waals surface area (Å²) in [7, 11) is 0. The average Bonchev–Trinajstić information content (AvgIpc) is 2.46. The molecule has 0 heterocycles. The van der Waals surface area contributed by atoms with E-state index < -0.39 is 0 Å². The van der Waals surface area contributed by atoms with Gasteiger partial charge in [0.15, 0.2) is 0 Å². The van der Waals surface area contributed by atoms with E-state index in [1.54, 1.807) is 19.1 Å². The molecule has 5 rings (SSSR count). The van der Waals surface area contributed by atoms with Gasteiger partial charge in [-0.15, -0.1) is 0 Å². The Balaban J connectivity index is 1.41. The fourth-order valence-corrected chi connectivity index (χ4v) is 5.20. The number of benzene rings is 1. The first-order chi connectivity index (χ1) is 10.6. The Hall–Kier alpha value is -1.58. The molecule has 0 spiro atoms. The molecular formula is C18H23FN2O. The van der Waals surface area contributed by atoms with Gasteiger partial charge in [-0.2, -0.15) is 0 Å². The van der Waals surface area contributed by atoms with Crippen molar-refractivity contribution in [3.8, 4) is 0 Å². The van der Waals surface area contributed by atoms with Crippen LogP contribution in [0.2, 0.25) is 0 Å². The lowest BCUT2D eigenvalue weighted by Gasteiger charge is -2.54. The number of carbonyl (C=O) groups is 1. The van der Waals surface area contributed by atoms with Gasteiger partial charge in [-0.1, -0.05) is 0 Å². The van der Waals surface area contributed by atoms with Gasteiger partial charge in [0.1, 0.15) is 5.82 Å². The van der Waals surface area contributed by atoms with Gasteiger partial charge in [0.05, 0.1) is 0 Å². The Bertz CT molecular complexity index is 573. The summed E-state index contributed by atoms with van der Waals surface area (Å²) in [6, 6.07) is 4.86. The van der Waals surface area contributed by atoms with Crippen molar-refractivity contribution >= 4 is 11.7 Å². The first-order valence-electron chi connectivity index (χ1n) is 8.42. The standard InChI is InChI=1S/C18H23FN2O/c1-10-4-15(2-3-16(10)19)20-18(22)21-17-13-6-11-5-12(8-13)9-14(17)7-11/h2-4,11-14,17H,5-9H2,1H3,(H2,20,21,22). The zero-order valence-electron chi connectivity index (χ0n) is 12.9. The lowest BCUT2D eigenvalue weighted by molar-refractivity contribution is -0.00883. The molecule has 3 nitrogen and oxygen atoms in total. The number of carbonyl (C=O) groups excluding carboxylic acids is 1. The molecule has 22 heavy (non-hydrogen) atoms. The third kappa shape index (κ3) is 2.49. The van der Waals surface area contributed by atoms with Gasteiger partial charge in [0, 0.05) is 11.7 Å². The summed E-state index contributed by atoms with van der Waals surface area (Å²) in [5.41, 5.74) is 1.20. The highest BCUT2D eigenvalue weighted by molar-refractivity contribution is 5.89. The van der Waals surface area contributed by atoms with E-state index in [4.69, 9.17) is 0 Å². The van der Waals surface area contributed by atoms with Crippen LogP contribution in [0.1, 0.15) is 37.7 Å². The maximum atomic E-state index is 13.3. The quantitative estimate of drug-likeness (QED) is 0.849. The fourth-order valence-electron chi connectivity index (χ4n) is 5.20. The zero-order chi connectivity index (χ0) is 15.3. The molecule has 0 aliphatic heterocycles. The topological polar surface area (TPSA) is 41.1 Å². The molecule has 1 aromatic carbocycles. The van der Waals surface area contributed by atoms with Gasteiger partial charge >= 0.3 is 6.03 Å². The number of hydrogen-bond acceptors (Lipinski definition) is 1. The summed E-state index contributed by atoms with van der Waals surface area (Å²) in [4.78, 5) is 12.3. The van der Waals surface area contributed by atoms with Crippen LogP contribution in [0.25, 0.3) is 0 Å². The second-order valence-corrected chi connectivity index (χ2v) is 7.52. The van der Waals surface area contributed by atoms with Crippen molar-refractivity contribution < 1.29 is 9.18 Å². The molecule has 0 atom stereocenters. The number of nitrogens with one attached hydrogen (secondary N) is 2. The van der Waals surface area contributed by atoms with Crippen LogP contribution >= 0.6 is 0 Å². The first kappa shape index (κ1) is 14.0. The van der Waals surface area contributed by atoms with Crippen molar-refractivity contribution in [2.45, 2.75) is 45.1 Å². The van der Waals surface area contributed by atoms with Gasteiger partial charge in [0.2, 0.25) is 0 Å². The normalized spacial score (nSPS) is 35.5. The molecule has 0 saturated heterocycles. The van der Waals surface area contributed by atoms with Gasteiger partial charge in [-0.05, 0) is 86.5 Å². The Morgan fingerprint density at radius 2 is 1.73 bits per heavy atom. The lowest BCUT2D eigenvalue weighted by Crippen LogP contribution is -2.56. The third-order valence-corrected chi connectivity index (χ3v) is 5.94. The molecule has 1 aromatic rings. The summed E-state index contributed by atoms with van der Waals surface area (Å²) in [6.07, 6.45) is 6.56. The molecule has 118 valence electrons. The van der Waals surface area contributed by atoms with Crippen LogP contribution in [-0.2, 0) is 0 Å². The predicted molar refractivity (Wildman–Crippen MR) is 84.1 cm³/mol. The molecular weight excluding hydrogens is 279 g/mol. The van der Waals surface area contributed by atoms with E-state index in [0.29, 0.717) is 29.1 Å². The number of urea groups is 1. The molecule has 2 N–H and O–H groups in total. The van der Waals surface area contributed by atoms with E-state index in [0.717, 1.165) is 11.8 Å². The fraction of sp³-hybridized carbons (Fsp3) is 0.611. The number of aryl methyl sites for hydroxylation is 1. The molecule has 4 bridgehead atoms. The zero-order valence-corrected chi connectivity index (χ0v) is 12.9. The van der Waals surface area contributed by atoms with Gasteiger partial charge < -0.3 is 10.6 Å². The summed E-state index contributed by atoms with van der Waals surface area (Å²) < 4.78 is 13.3. The molecule has 4 aliphatic rings. The Morgan fingerprint density at radius 1 is 1.09 bits per heavy atom. The molecule has 0 unspecified atom stereocenters. The SMILES string of the molecule is Cc1cc(NC(=O)NC2C3CC4CC(C3)CC2C4)ccc1F. The van der Waals surface area contributed by atoms with E-state index in [1.165, 1.54) is 38.2 Å². The minimum atomic E-state index is -0.244. The van der Waals surface area contributed by atoms with Gasteiger partial charge in [-0.25, -0.2) is 9.18 Å². The molecule has 2 amide bonds. The third-order valence-electron chi connectivity index (χ3n) is 5.94. The maximum absolute atomic E-state index is 13.3. The van der Waals surface area contributed by atoms with Crippen LogP contribution in [0.4, 0.5) is 14.9 Å². The van der Waals surface area contributed by atoms with E-state index in [-0.39, 0.29) is 11.8 Å². The largest absolute Gasteiger partial charge is 0.335 e. The van der Waals surface area contributed by atoms with Crippen LogP contribution in [0.5, 0.6) is 0 Å². The van der Waals surface area contributed by atoms with E-state index in [2.05, 4.69) is 10.6 Å². The molecule has 4 saturated carbocycles. The van der Waals surface area contributed by atoms with Crippen molar-refractivity contribution in [2.24, 2.45) is 23.7 Å². The first-order valence-corrected chi connectivity index (χ1v) is 8.42. The Morgan fingerprint density at radius 3 is 2.32 bits per heavy atom. The van der Waals surface area contributed by atoms with Crippen LogP contribution < -0.4 is 10.6 Å². The second kappa shape index (κ2) is 5.25. The monoisotopic (exact) mass is 302 g/mol. The van der Waals surface area contributed by atoms with Crippen molar-refractivity contribution in [1.82, 2.24) is 5.32 Å². The summed E-state index contributed by atoms with van der Waals surface area (Å²) in [5.74, 6) is 2.90. The molecule has 4 fully saturated rings. The van der Waals surface area contributed by atoms with Crippen LogP contribution in [0.3, 0.4) is 0 Å². The number of rotatable bonds is 2. The van der Waals surface area contributed by atoms with Crippen LogP contribution in [-0.4, -0.2) is 12.1 Å². The van der Waals surface area contributed by atoms with Crippen LogP contribution in [0, 0.1) is 36.4 Å². The highest BCUT2D eigenvalue weighted by atomic mass is 19.1. The van der Waals surface area contributed by atoms with Crippen molar-refractivity contribution in [3.63, 3.8) is 0 Å². The van der Waals surface area contributed by atoms with E-state index in [9.17, 15) is 9.18 Å². The van der Waals surface area contributed by atoms with Gasteiger partial charge in [-0.3, -0.25) is 0 Å². The highest BCUT2D eigenvalue weighted by Gasteiger charge is 2.48. The van der Waals surface area contributed by atoms with Gasteiger partial charge in [0.25, 0.3) is 0 Å². The molecule has 4 aliphatic carbocycles. The van der Waals surface area contributed by atoms with Crippen molar-refractivity contribution in [1.29, 1.82) is 0 Å². The Kier molecular flexibility index (Phi) is 3.35. The number of amides is 2. The minimum Gasteiger partial charge on any atom is -0.335 e. The van der Waals surface area contributed by atoms with Crippen LogP contribution in [0.15, 0.2) is 18.2 Å². The number of hydrogen-bond donors (Lipinski definition) is 2. The molecule has 0 radical (unpaired) electrons. The van der Waals surface area contributed by atoms with E-state index >= 15 is 0 Å². The predicted octanol–water partition coefficient (Wildman–Crippen LogP) is 4.08. The average molecular weight is 302 g/mol. The molecule has 4 heteroatoms. The molecule has 0 aromatic heterocycles. The maximum Gasteiger partial charge on any atom is 0.319 e. The summed E-state index contributed by atoms with van der Waals surface area (Å²) in [6.45, 7) is 1.70. The second-order valence-electron chi connectivity index (χ2n) is 7.52. The summed E-state index contributed by atoms with van der Waals surface area (Å²) >= 11 is 0. The Labute approximate surface area is 130 Å². The lowest BCUT2D eigenvalue weighted by atomic mass is 9.54. The van der Waals surface area contributed by atoms with E-state index in [1.807, 2.05) is 0 Å². The smallest absolute Gasteiger partial charge is 0.319 e. The number of halogens is 1. The van der Waals surface area contributed by atoms with Crippen molar-refractivity contribution in [2.75, 3.05) is 5.32 Å². The number of anilines is 1. The van der Waals surface area contributed by atoms with Crippen molar-refractivity contribution in [3.05, 3.63) is 29.6 Å².